The molecular weight excluding hydrogens is 548 g/mol. The lowest BCUT2D eigenvalue weighted by molar-refractivity contribution is -0.116. The largest absolute Gasteiger partial charge is 0.497 e. The van der Waals surface area contributed by atoms with Crippen LogP contribution in [0.25, 0.3) is 0 Å². The lowest BCUT2D eigenvalue weighted by Gasteiger charge is -2.38. The molecule has 2 N–H and O–H groups in total. The van der Waals surface area contributed by atoms with Crippen LogP contribution >= 0.6 is 0 Å². The van der Waals surface area contributed by atoms with Gasteiger partial charge in [0.15, 0.2) is 0 Å². The minimum absolute atomic E-state index is 0.0227. The number of sulfonamides is 1. The Hall–Kier alpha value is -3.19. The summed E-state index contributed by atoms with van der Waals surface area (Å²) in [4.78, 5) is 29.8. The maximum absolute atomic E-state index is 13.6. The lowest BCUT2D eigenvalue weighted by Crippen LogP contribution is -2.50. The fourth-order valence-electron chi connectivity index (χ4n) is 4.58. The molecule has 11 nitrogen and oxygen atoms in total. The van der Waals surface area contributed by atoms with Crippen molar-refractivity contribution in [2.24, 2.45) is 5.92 Å². The minimum atomic E-state index is -3.84. The zero-order chi connectivity index (χ0) is 30.3. The molecule has 0 aromatic heterocycles. The van der Waals surface area contributed by atoms with Gasteiger partial charge in [0.05, 0.1) is 36.8 Å². The highest BCUT2D eigenvalue weighted by atomic mass is 32.2. The molecule has 12 heteroatoms. The fraction of sp³-hybridized carbons (Fsp3) is 0.517. The van der Waals surface area contributed by atoms with E-state index in [2.05, 4.69) is 5.32 Å². The summed E-state index contributed by atoms with van der Waals surface area (Å²) in [6.45, 7) is 4.43. The summed E-state index contributed by atoms with van der Waals surface area (Å²) < 4.78 is 39.4. The van der Waals surface area contributed by atoms with Gasteiger partial charge >= 0.3 is 0 Å². The number of carbonyl (C=O) groups excluding carboxylic acids is 2. The van der Waals surface area contributed by atoms with E-state index >= 15 is 0 Å². The van der Waals surface area contributed by atoms with E-state index in [4.69, 9.17) is 9.47 Å². The Kier molecular flexibility index (Phi) is 11.1. The van der Waals surface area contributed by atoms with Gasteiger partial charge < -0.3 is 29.7 Å². The Morgan fingerprint density at radius 1 is 1.20 bits per heavy atom. The third kappa shape index (κ3) is 8.19. The molecule has 1 aliphatic rings. The molecule has 0 unspecified atom stereocenters. The number of fused-ring (bicyclic) bond motifs is 1. The number of rotatable bonds is 12. The summed E-state index contributed by atoms with van der Waals surface area (Å²) in [5.41, 5.74) is 0.686. The van der Waals surface area contributed by atoms with Crippen LogP contribution in [0.15, 0.2) is 47.4 Å². The molecule has 1 aliphatic heterocycles. The van der Waals surface area contributed by atoms with Crippen LogP contribution < -0.4 is 14.8 Å². The number of anilines is 1. The molecule has 0 fully saturated rings. The van der Waals surface area contributed by atoms with Crippen LogP contribution in [0.4, 0.5) is 5.69 Å². The minimum Gasteiger partial charge on any atom is -0.497 e. The second kappa shape index (κ2) is 14.1. The van der Waals surface area contributed by atoms with Crippen molar-refractivity contribution in [1.82, 2.24) is 14.1 Å². The molecule has 0 radical (unpaired) electrons. The van der Waals surface area contributed by atoms with E-state index in [-0.39, 0.29) is 53.6 Å². The molecule has 2 amide bonds. The molecule has 41 heavy (non-hydrogen) atoms. The number of aliphatic hydroxyl groups is 1. The Bertz CT molecular complexity index is 1300. The number of hydrogen-bond acceptors (Lipinski definition) is 8. The van der Waals surface area contributed by atoms with Crippen LogP contribution in [0.5, 0.6) is 11.5 Å². The summed E-state index contributed by atoms with van der Waals surface area (Å²) in [6, 6.07) is 10.5. The first-order valence-corrected chi connectivity index (χ1v) is 15.1. The van der Waals surface area contributed by atoms with Crippen molar-refractivity contribution in [3.05, 3.63) is 48.0 Å². The van der Waals surface area contributed by atoms with Crippen molar-refractivity contribution in [1.29, 1.82) is 0 Å². The second-order valence-electron chi connectivity index (χ2n) is 10.7. The van der Waals surface area contributed by atoms with Gasteiger partial charge in [0, 0.05) is 31.6 Å². The lowest BCUT2D eigenvalue weighted by atomic mass is 9.99. The first kappa shape index (κ1) is 32.3. The van der Waals surface area contributed by atoms with Crippen LogP contribution in [0.1, 0.15) is 37.0 Å². The number of methoxy groups -OCH3 is 1. The van der Waals surface area contributed by atoms with Crippen molar-refractivity contribution < 1.29 is 32.6 Å². The third-order valence-electron chi connectivity index (χ3n) is 7.16. The Labute approximate surface area is 243 Å². The van der Waals surface area contributed by atoms with Gasteiger partial charge in [0.1, 0.15) is 17.6 Å². The van der Waals surface area contributed by atoms with Gasteiger partial charge in [-0.25, -0.2) is 8.42 Å². The van der Waals surface area contributed by atoms with Gasteiger partial charge in [-0.2, -0.15) is 4.31 Å². The topological polar surface area (TPSA) is 129 Å². The number of nitrogens with zero attached hydrogens (tertiary/aromatic N) is 3. The van der Waals surface area contributed by atoms with E-state index < -0.39 is 22.2 Å². The van der Waals surface area contributed by atoms with Crippen molar-refractivity contribution in [2.75, 3.05) is 59.8 Å². The Morgan fingerprint density at radius 2 is 1.88 bits per heavy atom. The normalized spacial score (nSPS) is 18.4. The molecule has 1 heterocycles. The maximum Gasteiger partial charge on any atom is 0.258 e. The molecular formula is C29H42N4O7S. The van der Waals surface area contributed by atoms with Crippen molar-refractivity contribution in [2.45, 2.75) is 43.7 Å². The number of carbonyl (C=O) groups is 2. The Balaban J connectivity index is 1.88. The molecule has 0 saturated heterocycles. The number of likely N-dealkylation sites (N-methyl/N-ethyl adjacent to an activating group) is 1. The van der Waals surface area contributed by atoms with Crippen LogP contribution in [0, 0.1) is 5.92 Å². The molecule has 0 spiro atoms. The molecule has 3 atom stereocenters. The molecule has 3 rings (SSSR count). The average Bonchev–Trinajstić information content (AvgIpc) is 2.94. The van der Waals surface area contributed by atoms with E-state index in [9.17, 15) is 23.1 Å². The van der Waals surface area contributed by atoms with Gasteiger partial charge in [-0.1, -0.05) is 6.92 Å². The van der Waals surface area contributed by atoms with E-state index in [1.165, 1.54) is 30.6 Å². The van der Waals surface area contributed by atoms with E-state index in [0.29, 0.717) is 24.3 Å². The van der Waals surface area contributed by atoms with Crippen molar-refractivity contribution >= 4 is 27.5 Å². The quantitative estimate of drug-likeness (QED) is 0.386. The van der Waals surface area contributed by atoms with Gasteiger partial charge in [-0.3, -0.25) is 9.59 Å². The third-order valence-corrected chi connectivity index (χ3v) is 9.00. The van der Waals surface area contributed by atoms with E-state index in [0.717, 1.165) is 6.54 Å². The molecule has 2 aromatic rings. The van der Waals surface area contributed by atoms with Crippen molar-refractivity contribution in [3.8, 4) is 11.5 Å². The zero-order valence-electron chi connectivity index (χ0n) is 24.7. The second-order valence-corrected chi connectivity index (χ2v) is 12.8. The highest BCUT2D eigenvalue weighted by Crippen LogP contribution is 2.31. The summed E-state index contributed by atoms with van der Waals surface area (Å²) in [6.07, 6.45) is 0.419. The van der Waals surface area contributed by atoms with Crippen LogP contribution in [0.2, 0.25) is 0 Å². The maximum atomic E-state index is 13.6. The van der Waals surface area contributed by atoms with Gasteiger partial charge in [0.25, 0.3) is 5.91 Å². The van der Waals surface area contributed by atoms with Gasteiger partial charge in [-0.15, -0.1) is 0 Å². The fourth-order valence-corrected chi connectivity index (χ4v) is 5.76. The van der Waals surface area contributed by atoms with Gasteiger partial charge in [-0.05, 0) is 76.4 Å². The predicted octanol–water partition coefficient (Wildman–Crippen LogP) is 2.52. The van der Waals surface area contributed by atoms with Crippen molar-refractivity contribution in [3.63, 3.8) is 0 Å². The standard InChI is InChI=1S/C29H42N4O7S/c1-20-17-33(21(2)19-34)29(36)25-16-22(30-28(35)8-7-15-31(3)4)9-14-26(25)40-27(20)18-32(5)41(37,38)24-12-10-23(39-6)11-13-24/h9-14,16,20-21,27,34H,7-8,15,17-19H2,1-6H3,(H,30,35)/t20-,21+,27-/m0/s1. The Morgan fingerprint density at radius 3 is 2.49 bits per heavy atom. The molecule has 0 saturated carbocycles. The SMILES string of the molecule is COc1ccc(S(=O)(=O)N(C)C[C@@H]2Oc3ccc(NC(=O)CCCN(C)C)cc3C(=O)N([C@H](C)CO)C[C@@H]2C)cc1. The number of hydrogen-bond donors (Lipinski definition) is 2. The highest BCUT2D eigenvalue weighted by Gasteiger charge is 2.35. The zero-order valence-corrected chi connectivity index (χ0v) is 25.5. The first-order chi connectivity index (χ1) is 19.4. The van der Waals surface area contributed by atoms with Gasteiger partial charge in [0.2, 0.25) is 15.9 Å². The predicted molar refractivity (Wildman–Crippen MR) is 157 cm³/mol. The molecule has 2 aromatic carbocycles. The van der Waals surface area contributed by atoms with E-state index in [1.54, 1.807) is 42.2 Å². The number of nitrogens with one attached hydrogen (secondary N) is 1. The number of ether oxygens (including phenoxy) is 2. The molecule has 226 valence electrons. The first-order valence-electron chi connectivity index (χ1n) is 13.6. The monoisotopic (exact) mass is 590 g/mol. The van der Waals surface area contributed by atoms with Crippen LogP contribution in [-0.2, 0) is 14.8 Å². The average molecular weight is 591 g/mol. The summed E-state index contributed by atoms with van der Waals surface area (Å²) in [5, 5.41) is 12.7. The molecule has 0 aliphatic carbocycles. The summed E-state index contributed by atoms with van der Waals surface area (Å²) >= 11 is 0. The molecule has 0 bridgehead atoms. The smallest absolute Gasteiger partial charge is 0.258 e. The number of aliphatic hydroxyl groups excluding tert-OH is 1. The number of amides is 2. The van der Waals surface area contributed by atoms with Crippen LogP contribution in [-0.4, -0.2) is 106 Å². The summed E-state index contributed by atoms with van der Waals surface area (Å²) in [5.74, 6) is 0.0542. The number of benzene rings is 2. The van der Waals surface area contributed by atoms with E-state index in [1.807, 2.05) is 25.9 Å². The summed E-state index contributed by atoms with van der Waals surface area (Å²) in [7, 11) is 3.05. The highest BCUT2D eigenvalue weighted by molar-refractivity contribution is 7.89. The van der Waals surface area contributed by atoms with Crippen LogP contribution in [0.3, 0.4) is 0 Å².